The molecular formula is C23H32O4. The van der Waals surface area contributed by atoms with Crippen LogP contribution in [0, 0.1) is 28.6 Å². The number of ketones is 3. The molecule has 4 rings (SSSR count). The van der Waals surface area contributed by atoms with Crippen LogP contribution in [0.5, 0.6) is 0 Å². The number of carbonyl (C=O) groups excluding carboxylic acids is 3. The molecule has 3 atom stereocenters. The summed E-state index contributed by atoms with van der Waals surface area (Å²) in [6.45, 7) is 8.18. The predicted molar refractivity (Wildman–Crippen MR) is 102 cm³/mol. The second-order valence-corrected chi connectivity index (χ2v) is 10.8. The number of ether oxygens (including phenoxy) is 1. The van der Waals surface area contributed by atoms with Gasteiger partial charge in [0.15, 0.2) is 5.78 Å². The van der Waals surface area contributed by atoms with Gasteiger partial charge in [-0.2, -0.15) is 0 Å². The highest BCUT2D eigenvalue weighted by Crippen LogP contribution is 2.53. The quantitative estimate of drug-likeness (QED) is 0.640. The fourth-order valence-electron chi connectivity index (χ4n) is 6.05. The maximum absolute atomic E-state index is 13.2. The number of Topliss-reactive ketones (excluding diaryl/α,β-unsaturated/α-hetero) is 3. The molecule has 1 aliphatic heterocycles. The Morgan fingerprint density at radius 2 is 1.41 bits per heavy atom. The molecule has 2 fully saturated rings. The summed E-state index contributed by atoms with van der Waals surface area (Å²) in [4.78, 5) is 39.4. The largest absolute Gasteiger partial charge is 0.494 e. The van der Waals surface area contributed by atoms with Crippen molar-refractivity contribution in [2.75, 3.05) is 0 Å². The molecule has 0 amide bonds. The Morgan fingerprint density at radius 1 is 0.815 bits per heavy atom. The Hall–Kier alpha value is -1.45. The minimum Gasteiger partial charge on any atom is -0.494 e. The highest BCUT2D eigenvalue weighted by molar-refractivity contribution is 6.08. The second kappa shape index (κ2) is 6.28. The number of hydrogen-bond donors (Lipinski definition) is 0. The van der Waals surface area contributed by atoms with Crippen LogP contribution in [0.15, 0.2) is 11.3 Å². The Morgan fingerprint density at radius 3 is 2.07 bits per heavy atom. The maximum Gasteiger partial charge on any atom is 0.163 e. The van der Waals surface area contributed by atoms with Crippen molar-refractivity contribution in [3.05, 3.63) is 11.3 Å². The molecule has 1 heterocycles. The molecule has 3 unspecified atom stereocenters. The van der Waals surface area contributed by atoms with Gasteiger partial charge in [-0.15, -0.1) is 0 Å². The van der Waals surface area contributed by atoms with Crippen LogP contribution in [0.25, 0.3) is 0 Å². The van der Waals surface area contributed by atoms with E-state index in [1.165, 1.54) is 0 Å². The van der Waals surface area contributed by atoms with E-state index in [4.69, 9.17) is 4.74 Å². The number of hydrogen-bond acceptors (Lipinski definition) is 4. The first-order valence-electron chi connectivity index (χ1n) is 10.6. The molecule has 0 saturated heterocycles. The molecule has 0 bridgehead atoms. The molecule has 4 nitrogen and oxygen atoms in total. The van der Waals surface area contributed by atoms with Crippen LogP contribution in [0.4, 0.5) is 0 Å². The van der Waals surface area contributed by atoms with Gasteiger partial charge in [-0.1, -0.05) is 34.1 Å². The van der Waals surface area contributed by atoms with E-state index < -0.39 is 5.92 Å². The van der Waals surface area contributed by atoms with Gasteiger partial charge in [-0.3, -0.25) is 14.4 Å². The van der Waals surface area contributed by atoms with Gasteiger partial charge in [0.2, 0.25) is 0 Å². The van der Waals surface area contributed by atoms with Gasteiger partial charge >= 0.3 is 0 Å². The van der Waals surface area contributed by atoms with E-state index >= 15 is 0 Å². The van der Waals surface area contributed by atoms with E-state index in [2.05, 4.69) is 13.8 Å². The van der Waals surface area contributed by atoms with Crippen molar-refractivity contribution in [2.45, 2.75) is 85.2 Å². The van der Waals surface area contributed by atoms with Crippen LogP contribution < -0.4 is 0 Å². The van der Waals surface area contributed by atoms with E-state index in [0.717, 1.165) is 37.9 Å². The van der Waals surface area contributed by atoms with Gasteiger partial charge in [-0.05, 0) is 30.1 Å². The lowest BCUT2D eigenvalue weighted by Gasteiger charge is -2.49. The molecular weight excluding hydrogens is 340 g/mol. The van der Waals surface area contributed by atoms with Crippen molar-refractivity contribution in [3.63, 3.8) is 0 Å². The van der Waals surface area contributed by atoms with Gasteiger partial charge in [0.1, 0.15) is 23.4 Å². The molecule has 27 heavy (non-hydrogen) atoms. The molecule has 3 aliphatic carbocycles. The lowest BCUT2D eigenvalue weighted by Crippen LogP contribution is -2.51. The van der Waals surface area contributed by atoms with Gasteiger partial charge in [0.05, 0.1) is 5.92 Å². The van der Waals surface area contributed by atoms with Crippen LogP contribution in [0.1, 0.15) is 79.1 Å². The minimum absolute atomic E-state index is 0.0388. The third-order valence-electron chi connectivity index (χ3n) is 7.08. The van der Waals surface area contributed by atoms with E-state index in [0.29, 0.717) is 24.8 Å². The SMILES string of the molecule is CC1(C)CC(=O)C(C2C3=C(CC(C)(C)CC3=O)OC3CCCCC32)C(=O)C1. The summed E-state index contributed by atoms with van der Waals surface area (Å²) < 4.78 is 6.37. The maximum atomic E-state index is 13.2. The summed E-state index contributed by atoms with van der Waals surface area (Å²) >= 11 is 0. The fraction of sp³-hybridized carbons (Fsp3) is 0.783. The molecule has 0 N–H and O–H groups in total. The first-order valence-corrected chi connectivity index (χ1v) is 10.6. The number of rotatable bonds is 1. The molecule has 0 radical (unpaired) electrons. The second-order valence-electron chi connectivity index (χ2n) is 10.8. The first-order chi connectivity index (χ1) is 12.6. The summed E-state index contributed by atoms with van der Waals surface area (Å²) in [5.74, 6) is 0.202. The molecule has 0 spiro atoms. The molecule has 2 saturated carbocycles. The molecule has 0 aromatic carbocycles. The highest BCUT2D eigenvalue weighted by Gasteiger charge is 2.54. The van der Waals surface area contributed by atoms with Crippen LogP contribution in [0.2, 0.25) is 0 Å². The number of carbonyl (C=O) groups is 3. The zero-order valence-corrected chi connectivity index (χ0v) is 17.1. The summed E-state index contributed by atoms with van der Waals surface area (Å²) in [7, 11) is 0. The molecule has 4 heteroatoms. The van der Waals surface area contributed by atoms with Crippen LogP contribution in [-0.2, 0) is 19.1 Å². The van der Waals surface area contributed by atoms with Gasteiger partial charge in [0.25, 0.3) is 0 Å². The van der Waals surface area contributed by atoms with E-state index in [1.807, 2.05) is 13.8 Å². The monoisotopic (exact) mass is 372 g/mol. The summed E-state index contributed by atoms with van der Waals surface area (Å²) in [6.07, 6.45) is 6.24. The van der Waals surface area contributed by atoms with Crippen LogP contribution >= 0.6 is 0 Å². The van der Waals surface area contributed by atoms with E-state index in [1.54, 1.807) is 0 Å². The Labute approximate surface area is 162 Å². The molecule has 0 aromatic heterocycles. The summed E-state index contributed by atoms with van der Waals surface area (Å²) in [5.41, 5.74) is 0.311. The average Bonchev–Trinajstić information content (AvgIpc) is 2.50. The Kier molecular flexibility index (Phi) is 4.40. The topological polar surface area (TPSA) is 60.4 Å². The van der Waals surface area contributed by atoms with Crippen molar-refractivity contribution in [2.24, 2.45) is 28.6 Å². The van der Waals surface area contributed by atoms with Crippen LogP contribution in [-0.4, -0.2) is 23.5 Å². The molecule has 4 aliphatic rings. The van der Waals surface area contributed by atoms with E-state index in [-0.39, 0.29) is 46.1 Å². The Balaban J connectivity index is 1.79. The Bertz CT molecular complexity index is 707. The fourth-order valence-corrected chi connectivity index (χ4v) is 6.05. The summed E-state index contributed by atoms with van der Waals surface area (Å²) in [6, 6.07) is 0. The zero-order valence-electron chi connectivity index (χ0n) is 17.1. The zero-order chi connectivity index (χ0) is 19.6. The van der Waals surface area contributed by atoms with Crippen molar-refractivity contribution < 1.29 is 19.1 Å². The van der Waals surface area contributed by atoms with E-state index in [9.17, 15) is 14.4 Å². The van der Waals surface area contributed by atoms with Gasteiger partial charge in [0, 0.05) is 43.1 Å². The van der Waals surface area contributed by atoms with Crippen LogP contribution in [0.3, 0.4) is 0 Å². The van der Waals surface area contributed by atoms with Crippen molar-refractivity contribution in [1.82, 2.24) is 0 Å². The lowest BCUT2D eigenvalue weighted by molar-refractivity contribution is -0.145. The van der Waals surface area contributed by atoms with Gasteiger partial charge < -0.3 is 4.74 Å². The summed E-state index contributed by atoms with van der Waals surface area (Å²) in [5, 5.41) is 0. The number of fused-ring (bicyclic) bond motifs is 1. The third kappa shape index (κ3) is 3.30. The smallest absolute Gasteiger partial charge is 0.163 e. The highest BCUT2D eigenvalue weighted by atomic mass is 16.5. The van der Waals surface area contributed by atoms with Crippen molar-refractivity contribution in [3.8, 4) is 0 Å². The molecule has 148 valence electrons. The predicted octanol–water partition coefficient (Wildman–Crippen LogP) is 4.41. The third-order valence-corrected chi connectivity index (χ3v) is 7.08. The van der Waals surface area contributed by atoms with Gasteiger partial charge in [-0.25, -0.2) is 0 Å². The molecule has 0 aromatic rings. The van der Waals surface area contributed by atoms with Crippen molar-refractivity contribution >= 4 is 17.3 Å². The lowest BCUT2D eigenvalue weighted by atomic mass is 9.58. The first kappa shape index (κ1) is 18.9. The minimum atomic E-state index is -0.636. The standard InChI is InChI=1S/C23H32O4/c1-22(2)9-14(24)20(15(25)10-22)19-13-7-5-6-8-17(13)27-18-12-23(3,4)11-16(26)21(18)19/h13,17,19-20H,5-12H2,1-4H3. The average molecular weight is 373 g/mol. The number of allylic oxidation sites excluding steroid dienone is 2. The normalized spacial score (nSPS) is 36.1. The van der Waals surface area contributed by atoms with Crippen molar-refractivity contribution in [1.29, 1.82) is 0 Å².